The van der Waals surface area contributed by atoms with Gasteiger partial charge in [-0.15, -0.1) is 0 Å². The Bertz CT molecular complexity index is 789. The Hall–Kier alpha value is -3.48. The molecule has 26 heavy (non-hydrogen) atoms. The number of halogens is 1. The van der Waals surface area contributed by atoms with Crippen LogP contribution in [0.4, 0.5) is 9.18 Å². The number of carbonyl (C=O) groups is 3. The fourth-order valence-corrected chi connectivity index (χ4v) is 1.91. The van der Waals surface area contributed by atoms with E-state index in [-0.39, 0.29) is 12.4 Å². The van der Waals surface area contributed by atoms with Crippen molar-refractivity contribution in [2.45, 2.75) is 6.54 Å². The standard InChI is InChI=1S/C19H17FN2O4/c20-16-9-6-14(7-10-16)8-11-18(24)26-13-17(23)22-19(25)21-12-15-4-2-1-3-5-15/h1-11H,12-13H2,(H2,21,22,23,25)/b11-8+. The number of esters is 1. The molecule has 0 aromatic heterocycles. The van der Waals surface area contributed by atoms with E-state index in [0.717, 1.165) is 11.6 Å². The third kappa shape index (κ3) is 6.96. The van der Waals surface area contributed by atoms with E-state index in [2.05, 4.69) is 10.6 Å². The number of ether oxygens (including phenoxy) is 1. The summed E-state index contributed by atoms with van der Waals surface area (Å²) in [7, 11) is 0. The second-order valence-electron chi connectivity index (χ2n) is 5.21. The topological polar surface area (TPSA) is 84.5 Å². The van der Waals surface area contributed by atoms with Crippen molar-refractivity contribution in [2.75, 3.05) is 6.61 Å². The van der Waals surface area contributed by atoms with Gasteiger partial charge in [0, 0.05) is 12.6 Å². The van der Waals surface area contributed by atoms with Gasteiger partial charge in [-0.25, -0.2) is 14.0 Å². The molecule has 0 saturated carbocycles. The molecule has 0 aliphatic rings. The molecule has 2 rings (SSSR count). The zero-order valence-corrected chi connectivity index (χ0v) is 13.8. The van der Waals surface area contributed by atoms with Crippen molar-refractivity contribution in [3.05, 3.63) is 77.6 Å². The minimum Gasteiger partial charge on any atom is -0.452 e. The molecule has 0 saturated heterocycles. The van der Waals surface area contributed by atoms with E-state index >= 15 is 0 Å². The van der Waals surface area contributed by atoms with Crippen molar-refractivity contribution < 1.29 is 23.5 Å². The molecular weight excluding hydrogens is 339 g/mol. The van der Waals surface area contributed by atoms with Crippen LogP contribution in [0.1, 0.15) is 11.1 Å². The van der Waals surface area contributed by atoms with Gasteiger partial charge in [-0.05, 0) is 29.3 Å². The van der Waals surface area contributed by atoms with Crippen LogP contribution in [0.25, 0.3) is 6.08 Å². The second kappa shape index (κ2) is 9.73. The second-order valence-corrected chi connectivity index (χ2v) is 5.21. The van der Waals surface area contributed by atoms with Gasteiger partial charge < -0.3 is 10.1 Å². The van der Waals surface area contributed by atoms with Crippen LogP contribution in [0.3, 0.4) is 0 Å². The van der Waals surface area contributed by atoms with Gasteiger partial charge in [-0.3, -0.25) is 10.1 Å². The number of rotatable bonds is 6. The van der Waals surface area contributed by atoms with Crippen molar-refractivity contribution in [1.29, 1.82) is 0 Å². The highest BCUT2D eigenvalue weighted by Crippen LogP contribution is 2.04. The first-order chi connectivity index (χ1) is 12.5. The Labute approximate surface area is 149 Å². The summed E-state index contributed by atoms with van der Waals surface area (Å²) >= 11 is 0. The third-order valence-corrected chi connectivity index (χ3v) is 3.18. The molecule has 0 aliphatic carbocycles. The van der Waals surface area contributed by atoms with E-state index in [9.17, 15) is 18.8 Å². The van der Waals surface area contributed by atoms with Crippen LogP contribution >= 0.6 is 0 Å². The normalized spacial score (nSPS) is 10.3. The van der Waals surface area contributed by atoms with Gasteiger partial charge in [0.1, 0.15) is 5.82 Å². The first-order valence-corrected chi connectivity index (χ1v) is 7.75. The molecule has 2 aromatic rings. The van der Waals surface area contributed by atoms with Crippen LogP contribution < -0.4 is 10.6 Å². The molecule has 2 N–H and O–H groups in total. The average Bonchev–Trinajstić information content (AvgIpc) is 2.65. The van der Waals surface area contributed by atoms with E-state index in [0.29, 0.717) is 5.56 Å². The average molecular weight is 356 g/mol. The lowest BCUT2D eigenvalue weighted by molar-refractivity contribution is -0.143. The minimum absolute atomic E-state index is 0.264. The molecule has 3 amide bonds. The van der Waals surface area contributed by atoms with Gasteiger partial charge >= 0.3 is 12.0 Å². The van der Waals surface area contributed by atoms with Gasteiger partial charge in [0.05, 0.1) is 0 Å². The molecule has 0 heterocycles. The molecule has 0 unspecified atom stereocenters. The third-order valence-electron chi connectivity index (χ3n) is 3.18. The number of imide groups is 1. The maximum absolute atomic E-state index is 12.8. The number of amides is 3. The molecule has 0 aliphatic heterocycles. The summed E-state index contributed by atoms with van der Waals surface area (Å²) in [5.41, 5.74) is 1.49. The molecule has 134 valence electrons. The Morgan fingerprint density at radius 3 is 2.38 bits per heavy atom. The predicted octanol–water partition coefficient (Wildman–Crippen LogP) is 2.41. The molecule has 7 heteroatoms. The first kappa shape index (κ1) is 18.9. The minimum atomic E-state index is -0.755. The summed E-state index contributed by atoms with van der Waals surface area (Å²) in [6.45, 7) is -0.328. The lowest BCUT2D eigenvalue weighted by atomic mass is 10.2. The zero-order chi connectivity index (χ0) is 18.8. The van der Waals surface area contributed by atoms with E-state index in [4.69, 9.17) is 4.74 Å². The highest BCUT2D eigenvalue weighted by atomic mass is 19.1. The molecule has 2 aromatic carbocycles. The summed E-state index contributed by atoms with van der Waals surface area (Å²) in [6.07, 6.45) is 2.53. The molecule has 0 atom stereocenters. The monoisotopic (exact) mass is 356 g/mol. The Balaban J connectivity index is 1.68. The number of benzene rings is 2. The highest BCUT2D eigenvalue weighted by molar-refractivity contribution is 5.96. The fraction of sp³-hybridized carbons (Fsp3) is 0.105. The molecule has 0 fully saturated rings. The van der Waals surface area contributed by atoms with Crippen LogP contribution in [0.2, 0.25) is 0 Å². The maximum Gasteiger partial charge on any atom is 0.331 e. The van der Waals surface area contributed by atoms with E-state index in [1.54, 1.807) is 0 Å². The van der Waals surface area contributed by atoms with Gasteiger partial charge in [-0.2, -0.15) is 0 Å². The maximum atomic E-state index is 12.8. The number of hydrogen-bond donors (Lipinski definition) is 2. The van der Waals surface area contributed by atoms with Crippen LogP contribution in [0.15, 0.2) is 60.7 Å². The molecule has 6 nitrogen and oxygen atoms in total. The van der Waals surface area contributed by atoms with Crippen molar-refractivity contribution >= 4 is 24.0 Å². The van der Waals surface area contributed by atoms with Gasteiger partial charge in [0.2, 0.25) is 0 Å². The van der Waals surface area contributed by atoms with Crippen molar-refractivity contribution in [3.63, 3.8) is 0 Å². The first-order valence-electron chi connectivity index (χ1n) is 7.75. The Kier molecular flexibility index (Phi) is 7.05. The number of carbonyl (C=O) groups excluding carboxylic acids is 3. The Morgan fingerprint density at radius 1 is 1.00 bits per heavy atom. The van der Waals surface area contributed by atoms with E-state index in [1.807, 2.05) is 30.3 Å². The van der Waals surface area contributed by atoms with Gasteiger partial charge in [0.25, 0.3) is 5.91 Å². The zero-order valence-electron chi connectivity index (χ0n) is 13.8. The summed E-state index contributed by atoms with van der Waals surface area (Å²) in [4.78, 5) is 34.7. The van der Waals surface area contributed by atoms with E-state index in [1.165, 1.54) is 30.3 Å². The fourth-order valence-electron chi connectivity index (χ4n) is 1.91. The van der Waals surface area contributed by atoms with Gasteiger partial charge in [0.15, 0.2) is 6.61 Å². The van der Waals surface area contributed by atoms with Crippen molar-refractivity contribution in [3.8, 4) is 0 Å². The van der Waals surface area contributed by atoms with Gasteiger partial charge in [-0.1, -0.05) is 42.5 Å². The number of urea groups is 1. The van der Waals surface area contributed by atoms with Crippen LogP contribution in [0.5, 0.6) is 0 Å². The van der Waals surface area contributed by atoms with Crippen molar-refractivity contribution in [2.24, 2.45) is 0 Å². The quantitative estimate of drug-likeness (QED) is 0.615. The van der Waals surface area contributed by atoms with Crippen molar-refractivity contribution in [1.82, 2.24) is 10.6 Å². The molecular formula is C19H17FN2O4. The molecule has 0 bridgehead atoms. The molecule has 0 radical (unpaired) electrons. The lowest BCUT2D eigenvalue weighted by Gasteiger charge is -2.06. The largest absolute Gasteiger partial charge is 0.452 e. The van der Waals surface area contributed by atoms with Crippen LogP contribution in [-0.2, 0) is 20.9 Å². The van der Waals surface area contributed by atoms with E-state index < -0.39 is 24.5 Å². The number of nitrogens with one attached hydrogen (secondary N) is 2. The number of hydrogen-bond acceptors (Lipinski definition) is 4. The highest BCUT2D eigenvalue weighted by Gasteiger charge is 2.09. The van der Waals surface area contributed by atoms with Crippen LogP contribution in [-0.4, -0.2) is 24.5 Å². The smallest absolute Gasteiger partial charge is 0.331 e. The summed E-state index contributed by atoms with van der Waals surface area (Å²) in [6, 6.07) is 14.0. The lowest BCUT2D eigenvalue weighted by Crippen LogP contribution is -2.41. The molecule has 0 spiro atoms. The van der Waals surface area contributed by atoms with Crippen LogP contribution in [0, 0.1) is 5.82 Å². The predicted molar refractivity (Wildman–Crippen MR) is 93.2 cm³/mol. The SMILES string of the molecule is O=C(COC(=O)/C=C/c1ccc(F)cc1)NC(=O)NCc1ccccc1. The Morgan fingerprint density at radius 2 is 1.69 bits per heavy atom. The summed E-state index contributed by atoms with van der Waals surface area (Å²) in [5, 5.41) is 4.57. The summed E-state index contributed by atoms with van der Waals surface area (Å²) < 4.78 is 17.5. The summed E-state index contributed by atoms with van der Waals surface area (Å²) in [5.74, 6) is -1.89.